The Morgan fingerprint density at radius 3 is 2.44 bits per heavy atom. The van der Waals surface area contributed by atoms with Crippen molar-refractivity contribution in [3.05, 3.63) is 64.9 Å². The van der Waals surface area contributed by atoms with Crippen molar-refractivity contribution in [1.29, 1.82) is 0 Å². The van der Waals surface area contributed by atoms with Gasteiger partial charge in [-0.3, -0.25) is 4.98 Å². The van der Waals surface area contributed by atoms with E-state index < -0.39 is 0 Å². The van der Waals surface area contributed by atoms with Gasteiger partial charge in [-0.1, -0.05) is 30.3 Å². The van der Waals surface area contributed by atoms with Crippen LogP contribution in [0.4, 0.5) is 0 Å². The number of hydrogen-bond donors (Lipinski definition) is 0. The van der Waals surface area contributed by atoms with Gasteiger partial charge in [0, 0.05) is 33.4 Å². The van der Waals surface area contributed by atoms with Crippen LogP contribution < -0.4 is 0 Å². The molecule has 0 aliphatic rings. The molecule has 1 unspecified atom stereocenters. The molecule has 0 aliphatic carbocycles. The van der Waals surface area contributed by atoms with E-state index >= 15 is 0 Å². The minimum Gasteiger partial charge on any atom is -0.256 e. The van der Waals surface area contributed by atoms with Crippen molar-refractivity contribution in [3.8, 4) is 22.5 Å². The molecule has 4 aromatic rings. The first-order chi connectivity index (χ1) is 12.2. The average molecular weight is 523 g/mol. The number of halogens is 2. The Bertz CT molecular complexity index is 1060. The van der Waals surface area contributed by atoms with Crippen LogP contribution in [-0.4, -0.2) is 19.5 Å². The molecule has 0 aliphatic heterocycles. The van der Waals surface area contributed by atoms with Crippen molar-refractivity contribution < 1.29 is 0 Å². The quantitative estimate of drug-likeness (QED) is 0.244. The van der Waals surface area contributed by atoms with Gasteiger partial charge in [-0.25, -0.2) is 9.44 Å². The van der Waals surface area contributed by atoms with Gasteiger partial charge >= 0.3 is 0 Å². The van der Waals surface area contributed by atoms with E-state index in [4.69, 9.17) is 5.10 Å². The van der Waals surface area contributed by atoms with Gasteiger partial charge in [0.1, 0.15) is 5.69 Å². The molecule has 3 aromatic heterocycles. The third-order valence-corrected chi connectivity index (χ3v) is 6.29. The Morgan fingerprint density at radius 2 is 1.76 bits per heavy atom. The monoisotopic (exact) mass is 522 g/mol. The van der Waals surface area contributed by atoms with E-state index in [0.29, 0.717) is 6.37 Å². The molecule has 0 spiro atoms. The standard InChI is InChI=1S/C18H13BrIN4P/c1-11-3-2-8-21-16(11)12-4-6-13(7-5-12)17-15-9-14(19)10-22-18(15)24(23-17)25-20/h2-10,25H,1H3. The van der Waals surface area contributed by atoms with Crippen LogP contribution in [0.15, 0.2) is 59.3 Å². The van der Waals surface area contributed by atoms with Crippen LogP contribution in [0.1, 0.15) is 5.56 Å². The molecule has 0 N–H and O–H groups in total. The highest BCUT2D eigenvalue weighted by molar-refractivity contribution is 14.2. The largest absolute Gasteiger partial charge is 0.256 e. The minimum absolute atomic E-state index is 0.508. The van der Waals surface area contributed by atoms with Gasteiger partial charge in [0.25, 0.3) is 0 Å². The maximum Gasteiger partial charge on any atom is 0.162 e. The van der Waals surface area contributed by atoms with Crippen LogP contribution in [0.25, 0.3) is 33.5 Å². The summed E-state index contributed by atoms with van der Waals surface area (Å²) in [6, 6.07) is 14.5. The van der Waals surface area contributed by atoms with E-state index in [9.17, 15) is 0 Å². The second-order valence-electron chi connectivity index (χ2n) is 5.62. The molecule has 1 aromatic carbocycles. The van der Waals surface area contributed by atoms with Crippen LogP contribution in [-0.2, 0) is 0 Å². The molecule has 124 valence electrons. The van der Waals surface area contributed by atoms with Gasteiger partial charge in [-0.05, 0) is 62.6 Å². The number of pyridine rings is 2. The molecule has 3 heterocycles. The van der Waals surface area contributed by atoms with Crippen LogP contribution in [0.3, 0.4) is 0 Å². The average Bonchev–Trinajstić information content (AvgIpc) is 3.00. The predicted molar refractivity (Wildman–Crippen MR) is 116 cm³/mol. The highest BCUT2D eigenvalue weighted by atomic mass is 127. The third kappa shape index (κ3) is 3.23. The number of aromatic nitrogens is 4. The molecule has 0 saturated carbocycles. The Morgan fingerprint density at radius 1 is 1.04 bits per heavy atom. The summed E-state index contributed by atoms with van der Waals surface area (Å²) in [5.41, 5.74) is 6.25. The number of aryl methyl sites for hydroxylation is 1. The highest BCUT2D eigenvalue weighted by Crippen LogP contribution is 2.35. The third-order valence-electron chi connectivity index (χ3n) is 4.01. The Labute approximate surface area is 168 Å². The van der Waals surface area contributed by atoms with E-state index in [1.165, 1.54) is 5.56 Å². The van der Waals surface area contributed by atoms with Crippen LogP contribution in [0.2, 0.25) is 0 Å². The molecule has 1 atom stereocenters. The minimum atomic E-state index is 0.508. The number of hydrogen-bond acceptors (Lipinski definition) is 3. The molecule has 0 amide bonds. The fraction of sp³-hybridized carbons (Fsp3) is 0.0556. The molecule has 4 nitrogen and oxygen atoms in total. The van der Waals surface area contributed by atoms with Crippen molar-refractivity contribution in [2.75, 3.05) is 0 Å². The zero-order valence-corrected chi connectivity index (χ0v) is 18.0. The lowest BCUT2D eigenvalue weighted by molar-refractivity contribution is 1.03. The number of fused-ring (bicyclic) bond motifs is 1. The molecule has 0 fully saturated rings. The van der Waals surface area contributed by atoms with Gasteiger partial charge in [0.2, 0.25) is 0 Å². The first-order valence-corrected chi connectivity index (χ1v) is 12.5. The van der Waals surface area contributed by atoms with Crippen LogP contribution in [0, 0.1) is 6.92 Å². The summed E-state index contributed by atoms with van der Waals surface area (Å²) in [5, 5.41) is 5.82. The number of rotatable bonds is 3. The van der Waals surface area contributed by atoms with Crippen LogP contribution >= 0.6 is 44.3 Å². The van der Waals surface area contributed by atoms with E-state index in [1.54, 1.807) is 0 Å². The molecule has 0 radical (unpaired) electrons. The van der Waals surface area contributed by atoms with Gasteiger partial charge in [0.05, 0.1) is 12.1 Å². The molecule has 0 saturated heterocycles. The van der Waals surface area contributed by atoms with Crippen molar-refractivity contribution >= 4 is 55.4 Å². The lowest BCUT2D eigenvalue weighted by Crippen LogP contribution is -1.88. The predicted octanol–water partition coefficient (Wildman–Crippen LogP) is 6.02. The molecular weight excluding hydrogens is 510 g/mol. The van der Waals surface area contributed by atoms with E-state index in [2.05, 4.69) is 91.3 Å². The first kappa shape index (κ1) is 17.1. The molecule has 7 heteroatoms. The maximum atomic E-state index is 4.76. The molecular formula is C18H13BrIN4P. The fourth-order valence-electron chi connectivity index (χ4n) is 2.82. The van der Waals surface area contributed by atoms with Gasteiger partial charge in [-0.15, -0.1) is 0 Å². The van der Waals surface area contributed by atoms with Crippen molar-refractivity contribution in [2.24, 2.45) is 0 Å². The number of nitrogens with zero attached hydrogens (tertiary/aromatic N) is 4. The molecule has 0 bridgehead atoms. The van der Waals surface area contributed by atoms with Crippen molar-refractivity contribution in [2.45, 2.75) is 6.92 Å². The zero-order chi connectivity index (χ0) is 17.4. The second kappa shape index (κ2) is 7.09. The topological polar surface area (TPSA) is 43.6 Å². The highest BCUT2D eigenvalue weighted by Gasteiger charge is 2.14. The van der Waals surface area contributed by atoms with Crippen molar-refractivity contribution in [1.82, 2.24) is 19.5 Å². The SMILES string of the molecule is Cc1cccnc1-c1ccc(-c2nn(PI)c3ncc(Br)cc23)cc1. The summed E-state index contributed by atoms with van der Waals surface area (Å²) in [4.78, 5) is 9.01. The summed E-state index contributed by atoms with van der Waals surface area (Å²) in [6.45, 7) is 2.08. The summed E-state index contributed by atoms with van der Waals surface area (Å²) in [6.07, 6.45) is 4.15. The summed E-state index contributed by atoms with van der Waals surface area (Å²) in [7, 11) is 0. The Balaban J connectivity index is 1.82. The second-order valence-corrected chi connectivity index (χ2v) is 8.57. The molecule has 25 heavy (non-hydrogen) atoms. The lowest BCUT2D eigenvalue weighted by atomic mass is 10.0. The smallest absolute Gasteiger partial charge is 0.162 e. The van der Waals surface area contributed by atoms with Gasteiger partial charge < -0.3 is 0 Å². The zero-order valence-electron chi connectivity index (χ0n) is 13.2. The van der Waals surface area contributed by atoms with Crippen LogP contribution in [0.5, 0.6) is 0 Å². The van der Waals surface area contributed by atoms with Crippen molar-refractivity contribution in [3.63, 3.8) is 0 Å². The fourth-order valence-corrected chi connectivity index (χ4v) is 4.56. The molecule has 4 rings (SSSR count). The normalized spacial score (nSPS) is 11.6. The number of benzene rings is 1. The van der Waals surface area contributed by atoms with E-state index in [0.717, 1.165) is 38.0 Å². The lowest BCUT2D eigenvalue weighted by Gasteiger charge is -2.05. The first-order valence-electron chi connectivity index (χ1n) is 7.61. The summed E-state index contributed by atoms with van der Waals surface area (Å²) < 4.78 is 2.91. The van der Waals surface area contributed by atoms with Gasteiger partial charge in [0.15, 0.2) is 5.65 Å². The Hall–Kier alpha value is -1.37. The Kier molecular flexibility index (Phi) is 4.84. The van der Waals surface area contributed by atoms with Gasteiger partial charge in [-0.2, -0.15) is 5.10 Å². The van der Waals surface area contributed by atoms with E-state index in [-0.39, 0.29) is 0 Å². The summed E-state index contributed by atoms with van der Waals surface area (Å²) in [5.74, 6) is 0. The van der Waals surface area contributed by atoms with E-state index in [1.807, 2.05) is 22.9 Å². The maximum absolute atomic E-state index is 4.76. The summed E-state index contributed by atoms with van der Waals surface area (Å²) >= 11 is 5.84.